The fourth-order valence-electron chi connectivity index (χ4n) is 2.08. The molecule has 9 heteroatoms. The van der Waals surface area contributed by atoms with Gasteiger partial charge >= 0.3 is 5.97 Å². The van der Waals surface area contributed by atoms with Crippen molar-refractivity contribution in [2.24, 2.45) is 0 Å². The van der Waals surface area contributed by atoms with Crippen molar-refractivity contribution in [1.82, 2.24) is 9.88 Å². The highest BCUT2D eigenvalue weighted by Crippen LogP contribution is 2.32. The fraction of sp³-hybridized carbons (Fsp3) is 0.333. The van der Waals surface area contributed by atoms with E-state index in [1.54, 1.807) is 17.2 Å². The summed E-state index contributed by atoms with van der Waals surface area (Å²) in [6, 6.07) is 9.45. The van der Waals surface area contributed by atoms with Gasteiger partial charge in [0.05, 0.1) is 18.7 Å². The summed E-state index contributed by atoms with van der Waals surface area (Å²) in [6.07, 6.45) is 0.0851. The number of thiocarbonyl (C=S) groups is 1. The Labute approximate surface area is 172 Å². The van der Waals surface area contributed by atoms with Crippen LogP contribution in [0.1, 0.15) is 23.4 Å². The molecule has 0 bridgehead atoms. The topological polar surface area (TPSA) is 71.5 Å². The maximum Gasteiger partial charge on any atom is 0.311 e. The molecule has 1 aromatic heterocycles. The number of thioether (sulfide) groups is 1. The maximum atomic E-state index is 12.9. The zero-order valence-electron chi connectivity index (χ0n) is 15.3. The minimum Gasteiger partial charge on any atom is -0.466 e. The molecule has 0 aliphatic heterocycles. The van der Waals surface area contributed by atoms with E-state index in [0.29, 0.717) is 21.8 Å². The molecule has 0 spiro atoms. The minimum atomic E-state index is -0.501. The molecule has 0 saturated carbocycles. The summed E-state index contributed by atoms with van der Waals surface area (Å²) in [6.45, 7) is 2.08. The first-order chi connectivity index (χ1) is 12.9. The summed E-state index contributed by atoms with van der Waals surface area (Å²) in [5, 5.41) is 4.51. The number of nitrogens with zero attached hydrogens (tertiary/aromatic N) is 2. The summed E-state index contributed by atoms with van der Waals surface area (Å²) in [7, 11) is 3.69. The molecule has 0 fully saturated rings. The van der Waals surface area contributed by atoms with Gasteiger partial charge in [0.15, 0.2) is 5.13 Å². The van der Waals surface area contributed by atoms with Crippen molar-refractivity contribution in [3.05, 3.63) is 47.0 Å². The molecule has 1 heterocycles. The molecule has 0 saturated heterocycles. The Hall–Kier alpha value is -1.97. The Kier molecular flexibility index (Phi) is 8.21. The molecule has 6 nitrogen and oxygen atoms in total. The van der Waals surface area contributed by atoms with Crippen LogP contribution < -0.4 is 5.32 Å². The highest BCUT2D eigenvalue weighted by Gasteiger charge is 2.24. The lowest BCUT2D eigenvalue weighted by atomic mass is 10.1. The van der Waals surface area contributed by atoms with Crippen LogP contribution >= 0.6 is 35.3 Å². The molecule has 1 N–H and O–H groups in total. The van der Waals surface area contributed by atoms with Crippen molar-refractivity contribution in [3.63, 3.8) is 0 Å². The molecule has 2 rings (SSSR count). The maximum absolute atomic E-state index is 12.9. The van der Waals surface area contributed by atoms with Gasteiger partial charge in [-0.25, -0.2) is 4.98 Å². The first-order valence-electron chi connectivity index (χ1n) is 8.24. The molecule has 0 aliphatic carbocycles. The van der Waals surface area contributed by atoms with E-state index >= 15 is 0 Å². The molecule has 1 unspecified atom stereocenters. The van der Waals surface area contributed by atoms with Gasteiger partial charge in [0.25, 0.3) is 0 Å². The van der Waals surface area contributed by atoms with Crippen LogP contribution in [0.25, 0.3) is 0 Å². The highest BCUT2D eigenvalue weighted by atomic mass is 32.2. The number of nitrogens with one attached hydrogen (secondary N) is 1. The summed E-state index contributed by atoms with van der Waals surface area (Å²) < 4.78 is 5.53. The Balaban J connectivity index is 2.10. The summed E-state index contributed by atoms with van der Waals surface area (Å²) in [5.41, 5.74) is 1.42. The molecule has 1 atom stereocenters. The van der Waals surface area contributed by atoms with E-state index in [2.05, 4.69) is 10.3 Å². The molecule has 144 valence electrons. The van der Waals surface area contributed by atoms with Crippen LogP contribution in [-0.2, 0) is 20.7 Å². The van der Waals surface area contributed by atoms with Crippen molar-refractivity contribution < 1.29 is 14.3 Å². The van der Waals surface area contributed by atoms with Gasteiger partial charge in [0, 0.05) is 19.5 Å². The SMILES string of the molecule is CCOC(=O)Cc1csc(NC(=O)C(SC(=S)N(C)C)c2ccccc2)n1. The van der Waals surface area contributed by atoms with E-state index in [4.69, 9.17) is 17.0 Å². The summed E-state index contributed by atoms with van der Waals surface area (Å²) in [5.74, 6) is -0.554. The van der Waals surface area contributed by atoms with Gasteiger partial charge in [-0.2, -0.15) is 0 Å². The third-order valence-corrected chi connectivity index (χ3v) is 6.09. The van der Waals surface area contributed by atoms with Crippen LogP contribution in [0.4, 0.5) is 5.13 Å². The number of carbonyl (C=O) groups is 2. The minimum absolute atomic E-state index is 0.0851. The number of rotatable bonds is 7. The lowest BCUT2D eigenvalue weighted by Gasteiger charge is -2.20. The molecule has 0 aliphatic rings. The van der Waals surface area contributed by atoms with Crippen LogP contribution in [0.15, 0.2) is 35.7 Å². The third-order valence-electron chi connectivity index (χ3n) is 3.34. The molecule has 0 radical (unpaired) electrons. The monoisotopic (exact) mass is 423 g/mol. The van der Waals surface area contributed by atoms with E-state index in [0.717, 1.165) is 5.56 Å². The van der Waals surface area contributed by atoms with Crippen LogP contribution in [0.5, 0.6) is 0 Å². The number of hydrogen-bond donors (Lipinski definition) is 1. The number of amides is 1. The molecule has 1 amide bonds. The van der Waals surface area contributed by atoms with Crippen LogP contribution in [0.2, 0.25) is 0 Å². The first kappa shape index (κ1) is 21.3. The van der Waals surface area contributed by atoms with Gasteiger partial charge in [0.2, 0.25) is 5.91 Å². The number of anilines is 1. The number of thiazole rings is 1. The van der Waals surface area contributed by atoms with Gasteiger partial charge < -0.3 is 15.0 Å². The predicted molar refractivity (Wildman–Crippen MR) is 114 cm³/mol. The predicted octanol–water partition coefficient (Wildman–Crippen LogP) is 3.51. The smallest absolute Gasteiger partial charge is 0.311 e. The second kappa shape index (κ2) is 10.4. The normalized spacial score (nSPS) is 11.5. The van der Waals surface area contributed by atoms with Crippen LogP contribution in [-0.4, -0.2) is 46.8 Å². The summed E-state index contributed by atoms with van der Waals surface area (Å²) >= 11 is 7.94. The lowest BCUT2D eigenvalue weighted by molar-refractivity contribution is -0.142. The van der Waals surface area contributed by atoms with E-state index in [1.807, 2.05) is 44.4 Å². The lowest BCUT2D eigenvalue weighted by Crippen LogP contribution is -2.24. The number of esters is 1. The zero-order chi connectivity index (χ0) is 19.8. The van der Waals surface area contributed by atoms with Crippen molar-refractivity contribution in [2.45, 2.75) is 18.6 Å². The van der Waals surface area contributed by atoms with Crippen LogP contribution in [0, 0.1) is 0 Å². The highest BCUT2D eigenvalue weighted by molar-refractivity contribution is 8.23. The van der Waals surface area contributed by atoms with Crippen LogP contribution in [0.3, 0.4) is 0 Å². The zero-order valence-corrected chi connectivity index (χ0v) is 17.7. The number of hydrogen-bond acceptors (Lipinski definition) is 7. The van der Waals surface area contributed by atoms with Crippen molar-refractivity contribution in [1.29, 1.82) is 0 Å². The second-order valence-corrected chi connectivity index (χ2v) is 8.28. The van der Waals surface area contributed by atoms with Crippen molar-refractivity contribution in [3.8, 4) is 0 Å². The Bertz CT molecular complexity index is 793. The quantitative estimate of drug-likeness (QED) is 0.540. The second-order valence-electron chi connectivity index (χ2n) is 5.68. The van der Waals surface area contributed by atoms with Gasteiger partial charge in [-0.15, -0.1) is 11.3 Å². The van der Waals surface area contributed by atoms with Gasteiger partial charge in [-0.05, 0) is 12.5 Å². The van der Waals surface area contributed by atoms with E-state index in [1.165, 1.54) is 23.1 Å². The molecule has 2 aromatic rings. The Morgan fingerprint density at radius 3 is 2.67 bits per heavy atom. The van der Waals surface area contributed by atoms with Gasteiger partial charge in [0.1, 0.15) is 9.57 Å². The third kappa shape index (κ3) is 6.60. The summed E-state index contributed by atoms with van der Waals surface area (Å²) in [4.78, 5) is 30.5. The van der Waals surface area contributed by atoms with E-state index < -0.39 is 5.25 Å². The van der Waals surface area contributed by atoms with Crippen molar-refractivity contribution in [2.75, 3.05) is 26.0 Å². The van der Waals surface area contributed by atoms with E-state index in [9.17, 15) is 9.59 Å². The average molecular weight is 424 g/mol. The molecule has 27 heavy (non-hydrogen) atoms. The molecular weight excluding hydrogens is 402 g/mol. The van der Waals surface area contributed by atoms with Crippen molar-refractivity contribution >= 4 is 56.6 Å². The molecule has 1 aromatic carbocycles. The Morgan fingerprint density at radius 1 is 1.33 bits per heavy atom. The number of benzene rings is 1. The van der Waals surface area contributed by atoms with Gasteiger partial charge in [-0.1, -0.05) is 54.3 Å². The number of aromatic nitrogens is 1. The van der Waals surface area contributed by atoms with E-state index in [-0.39, 0.29) is 18.3 Å². The standard InChI is InChI=1S/C18H21N3O3S3/c1-4-24-14(22)10-13-11-26-17(19-13)20-16(23)15(27-18(25)21(2)3)12-8-6-5-7-9-12/h5-9,11,15H,4,10H2,1-3H3,(H,19,20,23). The molecular formula is C18H21N3O3S3. The number of ether oxygens (including phenoxy) is 1. The largest absolute Gasteiger partial charge is 0.466 e. The average Bonchev–Trinajstić information content (AvgIpc) is 3.06. The number of carbonyl (C=O) groups excluding carboxylic acids is 2. The fourth-order valence-corrected chi connectivity index (χ4v) is 3.96. The first-order valence-corrected chi connectivity index (χ1v) is 10.4. The Morgan fingerprint density at radius 2 is 2.04 bits per heavy atom. The van der Waals surface area contributed by atoms with Gasteiger partial charge in [-0.3, -0.25) is 9.59 Å².